The fraction of sp³-hybridized carbons (Fsp3) is 0.303. The first-order valence-corrected chi connectivity index (χ1v) is 14.0. The van der Waals surface area contributed by atoms with Crippen molar-refractivity contribution < 1.29 is 14.7 Å². The Morgan fingerprint density at radius 3 is 2.33 bits per heavy atom. The standard InChI is InChI=1S/C33H33ClN2O3/c1-21(33(38)39)23-8-6-22(7-9-23)20-30(32(37)36-27-16-14-26(34)15-17-27)25-12-10-24(11-13-25)28-18-19-35-31-5-3-2-4-29(28)31/h2-9,14-19,21,24-25,30H,10-13,20H2,1H3,(H,36,37)(H,38,39)/t21-,24?,25?,30?/m1/s1. The second kappa shape index (κ2) is 12.0. The fourth-order valence-corrected chi connectivity index (χ4v) is 6.01. The average Bonchev–Trinajstić information content (AvgIpc) is 2.97. The van der Waals surface area contributed by atoms with Crippen LogP contribution in [0, 0.1) is 11.8 Å². The molecule has 5 rings (SSSR count). The summed E-state index contributed by atoms with van der Waals surface area (Å²) in [5.41, 5.74) is 4.91. The van der Waals surface area contributed by atoms with Crippen LogP contribution in [0.3, 0.4) is 0 Å². The highest BCUT2D eigenvalue weighted by Crippen LogP contribution is 2.41. The number of rotatable bonds is 8. The summed E-state index contributed by atoms with van der Waals surface area (Å²) in [4.78, 5) is 29.6. The van der Waals surface area contributed by atoms with Crippen molar-refractivity contribution in [1.82, 2.24) is 4.98 Å². The van der Waals surface area contributed by atoms with Gasteiger partial charge in [0.05, 0.1) is 11.4 Å². The first-order chi connectivity index (χ1) is 18.9. The number of carbonyl (C=O) groups is 2. The maximum Gasteiger partial charge on any atom is 0.310 e. The Morgan fingerprint density at radius 2 is 1.64 bits per heavy atom. The lowest BCUT2D eigenvalue weighted by Gasteiger charge is -2.34. The number of nitrogens with one attached hydrogen (secondary N) is 1. The molecular weight excluding hydrogens is 508 g/mol. The summed E-state index contributed by atoms with van der Waals surface area (Å²) in [7, 11) is 0. The molecule has 1 aliphatic rings. The molecule has 3 aromatic carbocycles. The van der Waals surface area contributed by atoms with Crippen LogP contribution >= 0.6 is 11.6 Å². The van der Waals surface area contributed by atoms with Crippen molar-refractivity contribution in [2.45, 2.75) is 50.9 Å². The molecule has 0 radical (unpaired) electrons. The van der Waals surface area contributed by atoms with Gasteiger partial charge in [-0.2, -0.15) is 0 Å². The summed E-state index contributed by atoms with van der Waals surface area (Å²) in [6.45, 7) is 1.68. The number of amides is 1. The molecule has 1 fully saturated rings. The first-order valence-electron chi connectivity index (χ1n) is 13.6. The third-order valence-corrected chi connectivity index (χ3v) is 8.47. The molecule has 6 heteroatoms. The minimum atomic E-state index is -0.846. The third kappa shape index (κ3) is 6.31. The van der Waals surface area contributed by atoms with Crippen LogP contribution in [-0.4, -0.2) is 22.0 Å². The van der Waals surface area contributed by atoms with E-state index in [9.17, 15) is 14.7 Å². The van der Waals surface area contributed by atoms with Gasteiger partial charge in [0.1, 0.15) is 0 Å². The molecule has 0 spiro atoms. The molecular formula is C33H33ClN2O3. The molecule has 1 amide bonds. The van der Waals surface area contributed by atoms with E-state index in [-0.39, 0.29) is 17.7 Å². The molecule has 4 aromatic rings. The minimum Gasteiger partial charge on any atom is -0.481 e. The third-order valence-electron chi connectivity index (χ3n) is 8.22. The van der Waals surface area contributed by atoms with Crippen LogP contribution in [-0.2, 0) is 16.0 Å². The fourth-order valence-electron chi connectivity index (χ4n) is 5.89. The van der Waals surface area contributed by atoms with Gasteiger partial charge in [0, 0.05) is 28.2 Å². The Hall–Kier alpha value is -3.70. The van der Waals surface area contributed by atoms with Crippen molar-refractivity contribution >= 4 is 40.1 Å². The van der Waals surface area contributed by atoms with Crippen molar-refractivity contribution in [1.29, 1.82) is 0 Å². The average molecular weight is 541 g/mol. The molecule has 2 N–H and O–H groups in total. The topological polar surface area (TPSA) is 79.3 Å². The van der Waals surface area contributed by atoms with E-state index in [4.69, 9.17) is 11.6 Å². The van der Waals surface area contributed by atoms with Gasteiger partial charge in [0.2, 0.25) is 5.91 Å². The van der Waals surface area contributed by atoms with Crippen LogP contribution in [0.4, 0.5) is 5.69 Å². The summed E-state index contributed by atoms with van der Waals surface area (Å²) in [5.74, 6) is -0.897. The number of carboxylic acids is 1. The normalized spacial score (nSPS) is 18.8. The van der Waals surface area contributed by atoms with E-state index in [0.717, 1.165) is 48.0 Å². The smallest absolute Gasteiger partial charge is 0.310 e. The monoisotopic (exact) mass is 540 g/mol. The molecule has 39 heavy (non-hydrogen) atoms. The van der Waals surface area contributed by atoms with Crippen LogP contribution in [0.5, 0.6) is 0 Å². The van der Waals surface area contributed by atoms with Crippen LogP contribution in [0.1, 0.15) is 61.1 Å². The molecule has 0 aliphatic heterocycles. The lowest BCUT2D eigenvalue weighted by atomic mass is 9.71. The summed E-state index contributed by atoms with van der Waals surface area (Å²) < 4.78 is 0. The van der Waals surface area contributed by atoms with Gasteiger partial charge >= 0.3 is 5.97 Å². The number of hydrogen-bond acceptors (Lipinski definition) is 3. The van der Waals surface area contributed by atoms with Gasteiger partial charge < -0.3 is 10.4 Å². The van der Waals surface area contributed by atoms with Gasteiger partial charge in [-0.25, -0.2) is 0 Å². The molecule has 1 aliphatic carbocycles. The number of carboxylic acid groups (broad SMARTS) is 1. The van der Waals surface area contributed by atoms with E-state index in [1.54, 1.807) is 19.1 Å². The predicted octanol–water partition coefficient (Wildman–Crippen LogP) is 7.85. The maximum atomic E-state index is 13.7. The SMILES string of the molecule is C[C@@H](C(=O)O)c1ccc(CC(C(=O)Nc2ccc(Cl)cc2)C2CCC(c3ccnc4ccccc34)CC2)cc1. The van der Waals surface area contributed by atoms with Gasteiger partial charge in [-0.15, -0.1) is 0 Å². The molecule has 200 valence electrons. The minimum absolute atomic E-state index is 0.0121. The van der Waals surface area contributed by atoms with Crippen LogP contribution in [0.25, 0.3) is 10.9 Å². The van der Waals surface area contributed by atoms with E-state index >= 15 is 0 Å². The molecule has 1 aromatic heterocycles. The first kappa shape index (κ1) is 26.9. The lowest BCUT2D eigenvalue weighted by molar-refractivity contribution is -0.138. The lowest BCUT2D eigenvalue weighted by Crippen LogP contribution is -2.33. The number of fused-ring (bicyclic) bond motifs is 1. The Bertz CT molecular complexity index is 1440. The van der Waals surface area contributed by atoms with Crippen LogP contribution < -0.4 is 5.32 Å². The molecule has 1 saturated carbocycles. The van der Waals surface area contributed by atoms with E-state index < -0.39 is 11.9 Å². The maximum absolute atomic E-state index is 13.7. The Morgan fingerprint density at radius 1 is 0.949 bits per heavy atom. The second-order valence-corrected chi connectivity index (χ2v) is 11.1. The number of nitrogens with zero attached hydrogens (tertiary/aromatic N) is 1. The van der Waals surface area contributed by atoms with E-state index in [0.29, 0.717) is 17.4 Å². The number of anilines is 1. The molecule has 5 nitrogen and oxygen atoms in total. The molecule has 1 unspecified atom stereocenters. The van der Waals surface area contributed by atoms with Gasteiger partial charge in [-0.3, -0.25) is 14.6 Å². The highest BCUT2D eigenvalue weighted by molar-refractivity contribution is 6.30. The summed E-state index contributed by atoms with van der Waals surface area (Å²) >= 11 is 6.04. The second-order valence-electron chi connectivity index (χ2n) is 10.6. The van der Waals surface area contributed by atoms with E-state index in [2.05, 4.69) is 34.6 Å². The highest BCUT2D eigenvalue weighted by atomic mass is 35.5. The molecule has 2 atom stereocenters. The highest BCUT2D eigenvalue weighted by Gasteiger charge is 2.33. The van der Waals surface area contributed by atoms with E-state index in [1.807, 2.05) is 48.7 Å². The van der Waals surface area contributed by atoms with Gasteiger partial charge in [0.25, 0.3) is 0 Å². The number of carbonyl (C=O) groups excluding carboxylic acids is 1. The van der Waals surface area contributed by atoms with Crippen LogP contribution in [0.2, 0.25) is 5.02 Å². The Labute approximate surface area is 234 Å². The predicted molar refractivity (Wildman–Crippen MR) is 156 cm³/mol. The van der Waals surface area contributed by atoms with Crippen molar-refractivity contribution in [2.24, 2.45) is 11.8 Å². The van der Waals surface area contributed by atoms with Gasteiger partial charge in [-0.1, -0.05) is 54.1 Å². The van der Waals surface area contributed by atoms with Gasteiger partial charge in [0.15, 0.2) is 0 Å². The van der Waals surface area contributed by atoms with E-state index in [1.165, 1.54) is 10.9 Å². The number of aromatic nitrogens is 1. The zero-order valence-electron chi connectivity index (χ0n) is 22.0. The van der Waals surface area contributed by atoms with Crippen molar-refractivity contribution in [3.8, 4) is 0 Å². The summed E-state index contributed by atoms with van der Waals surface area (Å²) in [6, 6.07) is 25.3. The zero-order valence-corrected chi connectivity index (χ0v) is 22.8. The number of aliphatic carboxylic acids is 1. The molecule has 0 bridgehead atoms. The van der Waals surface area contributed by atoms with Crippen molar-refractivity contribution in [3.05, 3.63) is 107 Å². The van der Waals surface area contributed by atoms with Crippen LogP contribution in [0.15, 0.2) is 85.1 Å². The zero-order chi connectivity index (χ0) is 27.4. The molecule has 0 saturated heterocycles. The number of para-hydroxylation sites is 1. The quantitative estimate of drug-likeness (QED) is 0.238. The number of pyridine rings is 1. The Balaban J connectivity index is 1.34. The summed E-state index contributed by atoms with van der Waals surface area (Å²) in [5, 5.41) is 14.3. The van der Waals surface area contributed by atoms with Crippen molar-refractivity contribution in [3.63, 3.8) is 0 Å². The molecule has 1 heterocycles. The number of hydrogen-bond donors (Lipinski definition) is 2. The Kier molecular flexibility index (Phi) is 8.27. The largest absolute Gasteiger partial charge is 0.481 e. The van der Waals surface area contributed by atoms with Gasteiger partial charge in [-0.05, 0) is 104 Å². The number of halogens is 1. The number of benzene rings is 3. The van der Waals surface area contributed by atoms with Crippen molar-refractivity contribution in [2.75, 3.05) is 5.32 Å². The summed E-state index contributed by atoms with van der Waals surface area (Å²) in [6.07, 6.45) is 6.49.